The van der Waals surface area contributed by atoms with Crippen LogP contribution in [0.4, 0.5) is 0 Å². The molecule has 0 fully saturated rings. The van der Waals surface area contributed by atoms with Crippen LogP contribution in [0.25, 0.3) is 0 Å². The molecule has 84 valence electrons. The second-order valence-corrected chi connectivity index (χ2v) is 4.13. The van der Waals surface area contributed by atoms with Gasteiger partial charge in [-0.25, -0.2) is 4.98 Å². The van der Waals surface area contributed by atoms with Crippen LogP contribution in [0.15, 0.2) is 30.5 Å². The van der Waals surface area contributed by atoms with Crippen LogP contribution >= 0.6 is 11.6 Å². The van der Waals surface area contributed by atoms with Gasteiger partial charge in [0.2, 0.25) is 0 Å². The van der Waals surface area contributed by atoms with Crippen molar-refractivity contribution in [1.82, 2.24) is 15.3 Å². The molecule has 0 saturated heterocycles. The number of benzene rings is 1. The maximum atomic E-state index is 5.93. The second kappa shape index (κ2) is 5.14. The molecule has 2 aromatic rings. The Morgan fingerprint density at radius 3 is 3.06 bits per heavy atom. The maximum absolute atomic E-state index is 5.93. The summed E-state index contributed by atoms with van der Waals surface area (Å²) in [6, 6.07) is 7.84. The van der Waals surface area contributed by atoms with E-state index in [0.29, 0.717) is 0 Å². The third-order valence-corrected chi connectivity index (χ3v) is 2.54. The van der Waals surface area contributed by atoms with Gasteiger partial charge in [-0.05, 0) is 24.7 Å². The van der Waals surface area contributed by atoms with E-state index in [4.69, 9.17) is 11.6 Å². The van der Waals surface area contributed by atoms with Crippen LogP contribution in [0.2, 0.25) is 5.02 Å². The highest BCUT2D eigenvalue weighted by Crippen LogP contribution is 2.13. The lowest BCUT2D eigenvalue weighted by Crippen LogP contribution is -2.05. The van der Waals surface area contributed by atoms with Crippen LogP contribution in [0.1, 0.15) is 17.1 Å². The first kappa shape index (κ1) is 11.2. The molecular weight excluding hydrogens is 222 g/mol. The molecule has 0 unspecified atom stereocenters. The summed E-state index contributed by atoms with van der Waals surface area (Å²) in [4.78, 5) is 7.59. The summed E-state index contributed by atoms with van der Waals surface area (Å²) in [5.74, 6) is 0.965. The third kappa shape index (κ3) is 2.84. The van der Waals surface area contributed by atoms with Crippen molar-refractivity contribution in [3.8, 4) is 0 Å². The fraction of sp³-hybridized carbons (Fsp3) is 0.250. The topological polar surface area (TPSA) is 40.7 Å². The largest absolute Gasteiger partial charge is 0.345 e. The lowest BCUT2D eigenvalue weighted by Gasteiger charge is -1.99. The fourth-order valence-corrected chi connectivity index (χ4v) is 1.83. The summed E-state index contributed by atoms with van der Waals surface area (Å²) < 4.78 is 0. The molecule has 3 nitrogen and oxygen atoms in total. The molecule has 0 radical (unpaired) electrons. The Bertz CT molecular complexity index is 465. The van der Waals surface area contributed by atoms with Crippen molar-refractivity contribution < 1.29 is 0 Å². The summed E-state index contributed by atoms with van der Waals surface area (Å²) in [5.41, 5.74) is 2.26. The van der Waals surface area contributed by atoms with Gasteiger partial charge in [-0.15, -0.1) is 0 Å². The van der Waals surface area contributed by atoms with Gasteiger partial charge in [0, 0.05) is 29.9 Å². The first-order valence-electron chi connectivity index (χ1n) is 5.20. The van der Waals surface area contributed by atoms with Crippen molar-refractivity contribution in [1.29, 1.82) is 0 Å². The van der Waals surface area contributed by atoms with Crippen molar-refractivity contribution in [2.45, 2.75) is 13.0 Å². The molecule has 1 aromatic heterocycles. The molecule has 0 amide bonds. The van der Waals surface area contributed by atoms with E-state index in [1.54, 1.807) is 0 Å². The third-order valence-electron chi connectivity index (χ3n) is 2.31. The van der Waals surface area contributed by atoms with Gasteiger partial charge in [0.1, 0.15) is 5.82 Å². The van der Waals surface area contributed by atoms with E-state index in [-0.39, 0.29) is 0 Å². The highest BCUT2D eigenvalue weighted by atomic mass is 35.5. The van der Waals surface area contributed by atoms with Crippen molar-refractivity contribution in [2.24, 2.45) is 0 Å². The lowest BCUT2D eigenvalue weighted by atomic mass is 10.1. The van der Waals surface area contributed by atoms with Crippen molar-refractivity contribution in [3.63, 3.8) is 0 Å². The van der Waals surface area contributed by atoms with Crippen molar-refractivity contribution in [3.05, 3.63) is 52.6 Å². The summed E-state index contributed by atoms with van der Waals surface area (Å²) >= 11 is 5.93. The van der Waals surface area contributed by atoms with Gasteiger partial charge in [-0.2, -0.15) is 0 Å². The Balaban J connectivity index is 2.08. The van der Waals surface area contributed by atoms with Crippen LogP contribution in [0, 0.1) is 0 Å². The number of H-pyrrole nitrogens is 1. The molecule has 0 aliphatic heterocycles. The van der Waals surface area contributed by atoms with E-state index in [9.17, 15) is 0 Å². The maximum Gasteiger partial charge on any atom is 0.110 e. The summed E-state index contributed by atoms with van der Waals surface area (Å²) in [5, 5.41) is 3.84. The Labute approximate surface area is 99.9 Å². The second-order valence-electron chi connectivity index (χ2n) is 3.69. The van der Waals surface area contributed by atoms with E-state index < -0.39 is 0 Å². The molecular formula is C12H14ClN3. The Hall–Kier alpha value is -1.32. The van der Waals surface area contributed by atoms with Gasteiger partial charge in [0.25, 0.3) is 0 Å². The van der Waals surface area contributed by atoms with Crippen LogP contribution in [-0.4, -0.2) is 17.0 Å². The van der Waals surface area contributed by atoms with Gasteiger partial charge in [0.05, 0.1) is 0 Å². The van der Waals surface area contributed by atoms with E-state index in [1.165, 1.54) is 0 Å². The molecule has 0 spiro atoms. The van der Waals surface area contributed by atoms with Crippen molar-refractivity contribution in [2.75, 3.05) is 7.05 Å². The molecule has 1 aromatic carbocycles. The van der Waals surface area contributed by atoms with Crippen LogP contribution in [0.3, 0.4) is 0 Å². The molecule has 0 bridgehead atoms. The van der Waals surface area contributed by atoms with E-state index in [1.807, 2.05) is 37.5 Å². The summed E-state index contributed by atoms with van der Waals surface area (Å²) in [6.07, 6.45) is 2.64. The molecule has 0 aliphatic carbocycles. The highest BCUT2D eigenvalue weighted by Gasteiger charge is 2.01. The lowest BCUT2D eigenvalue weighted by molar-refractivity contribution is 0.793. The zero-order valence-corrected chi connectivity index (χ0v) is 9.88. The smallest absolute Gasteiger partial charge is 0.110 e. The number of hydrogen-bond donors (Lipinski definition) is 2. The average Bonchev–Trinajstić information content (AvgIpc) is 2.66. The SMILES string of the molecule is CNCc1cnc(Cc2cccc(Cl)c2)[nH]1. The number of imidazole rings is 1. The minimum absolute atomic E-state index is 0.763. The van der Waals surface area contributed by atoms with E-state index >= 15 is 0 Å². The number of aromatic nitrogens is 2. The van der Waals surface area contributed by atoms with Gasteiger partial charge in [-0.1, -0.05) is 23.7 Å². The highest BCUT2D eigenvalue weighted by molar-refractivity contribution is 6.30. The van der Waals surface area contributed by atoms with Crippen LogP contribution in [0.5, 0.6) is 0 Å². The Morgan fingerprint density at radius 1 is 1.44 bits per heavy atom. The minimum Gasteiger partial charge on any atom is -0.345 e. The standard InChI is InChI=1S/C12H14ClN3/c1-14-7-11-8-15-12(16-11)6-9-3-2-4-10(13)5-9/h2-5,8,14H,6-7H2,1H3,(H,15,16). The molecule has 16 heavy (non-hydrogen) atoms. The Morgan fingerprint density at radius 2 is 2.31 bits per heavy atom. The van der Waals surface area contributed by atoms with Crippen LogP contribution in [-0.2, 0) is 13.0 Å². The van der Waals surface area contributed by atoms with Crippen molar-refractivity contribution >= 4 is 11.6 Å². The zero-order valence-electron chi connectivity index (χ0n) is 9.13. The summed E-state index contributed by atoms with van der Waals surface area (Å²) in [7, 11) is 1.91. The number of nitrogens with one attached hydrogen (secondary N) is 2. The summed E-state index contributed by atoms with van der Waals surface area (Å²) in [6.45, 7) is 0.808. The Kier molecular flexibility index (Phi) is 3.59. The molecule has 2 N–H and O–H groups in total. The number of aromatic amines is 1. The molecule has 0 saturated carbocycles. The average molecular weight is 236 g/mol. The van der Waals surface area contributed by atoms with Gasteiger partial charge in [0.15, 0.2) is 0 Å². The monoisotopic (exact) mass is 235 g/mol. The van der Waals surface area contributed by atoms with Gasteiger partial charge >= 0.3 is 0 Å². The molecule has 0 atom stereocenters. The quantitative estimate of drug-likeness (QED) is 0.854. The van der Waals surface area contributed by atoms with E-state index in [0.717, 1.165) is 35.1 Å². The zero-order chi connectivity index (χ0) is 11.4. The minimum atomic E-state index is 0.763. The normalized spacial score (nSPS) is 10.6. The van der Waals surface area contributed by atoms with Crippen LogP contribution < -0.4 is 5.32 Å². The first-order chi connectivity index (χ1) is 7.78. The number of hydrogen-bond acceptors (Lipinski definition) is 2. The number of halogens is 1. The molecule has 2 rings (SSSR count). The predicted molar refractivity (Wildman–Crippen MR) is 65.6 cm³/mol. The number of rotatable bonds is 4. The number of nitrogens with zero attached hydrogens (tertiary/aromatic N) is 1. The first-order valence-corrected chi connectivity index (χ1v) is 5.57. The predicted octanol–water partition coefficient (Wildman–Crippen LogP) is 2.37. The van der Waals surface area contributed by atoms with Gasteiger partial charge in [-0.3, -0.25) is 0 Å². The van der Waals surface area contributed by atoms with Gasteiger partial charge < -0.3 is 10.3 Å². The molecule has 0 aliphatic rings. The molecule has 1 heterocycles. The van der Waals surface area contributed by atoms with E-state index in [2.05, 4.69) is 15.3 Å². The molecule has 4 heteroatoms. The fourth-order valence-electron chi connectivity index (χ4n) is 1.62.